The van der Waals surface area contributed by atoms with Crippen LogP contribution in [0.2, 0.25) is 0 Å². The molecule has 0 radical (unpaired) electrons. The summed E-state index contributed by atoms with van der Waals surface area (Å²) in [5, 5.41) is 4.67. The van der Waals surface area contributed by atoms with Crippen molar-refractivity contribution in [2.24, 2.45) is 0 Å². The molecule has 0 bridgehead atoms. The smallest absolute Gasteiger partial charge is 0.253 e. The number of amides is 1. The Bertz CT molecular complexity index is 1020. The second-order valence-electron chi connectivity index (χ2n) is 7.88. The van der Waals surface area contributed by atoms with Crippen molar-refractivity contribution in [1.82, 2.24) is 24.5 Å². The first kappa shape index (κ1) is 18.6. The molecule has 3 aromatic rings. The van der Waals surface area contributed by atoms with E-state index in [2.05, 4.69) is 41.0 Å². The quantitative estimate of drug-likeness (QED) is 0.699. The molecule has 0 N–H and O–H groups in total. The fraction of sp³-hybridized carbons (Fsp3) is 0.455. The van der Waals surface area contributed by atoms with Gasteiger partial charge in [0.1, 0.15) is 0 Å². The lowest BCUT2D eigenvalue weighted by Gasteiger charge is -2.33. The highest BCUT2D eigenvalue weighted by molar-refractivity contribution is 5.79. The SMILES string of the molecule is Cc1ccc(-c2nc3nc(C)c(CC(=O)N4CCCC[C@H]4C)c(C)n3n2)cc1. The van der Waals surface area contributed by atoms with Crippen molar-refractivity contribution in [3.8, 4) is 11.4 Å². The third-order valence-electron chi connectivity index (χ3n) is 5.81. The molecule has 1 fully saturated rings. The number of carbonyl (C=O) groups excluding carboxylic acids is 1. The number of aryl methyl sites for hydroxylation is 3. The van der Waals surface area contributed by atoms with Gasteiger partial charge in [-0.25, -0.2) is 9.50 Å². The lowest BCUT2D eigenvalue weighted by atomic mass is 10.0. The Labute approximate surface area is 165 Å². The molecule has 0 unspecified atom stereocenters. The van der Waals surface area contributed by atoms with Crippen LogP contribution in [0.5, 0.6) is 0 Å². The molecule has 4 rings (SSSR count). The van der Waals surface area contributed by atoms with Gasteiger partial charge in [-0.2, -0.15) is 4.98 Å². The van der Waals surface area contributed by atoms with E-state index in [4.69, 9.17) is 0 Å². The van der Waals surface area contributed by atoms with Gasteiger partial charge in [0.25, 0.3) is 5.78 Å². The molecule has 1 atom stereocenters. The largest absolute Gasteiger partial charge is 0.340 e. The van der Waals surface area contributed by atoms with Gasteiger partial charge in [0.15, 0.2) is 5.82 Å². The molecule has 146 valence electrons. The van der Waals surface area contributed by atoms with Crippen LogP contribution in [0.3, 0.4) is 0 Å². The van der Waals surface area contributed by atoms with E-state index >= 15 is 0 Å². The predicted octanol–water partition coefficient (Wildman–Crippen LogP) is 3.66. The zero-order valence-corrected chi connectivity index (χ0v) is 17.1. The van der Waals surface area contributed by atoms with Gasteiger partial charge in [-0.05, 0) is 47.0 Å². The van der Waals surface area contributed by atoms with E-state index in [1.165, 1.54) is 12.0 Å². The van der Waals surface area contributed by atoms with Gasteiger partial charge in [0.2, 0.25) is 5.91 Å². The van der Waals surface area contributed by atoms with Gasteiger partial charge < -0.3 is 4.90 Å². The van der Waals surface area contributed by atoms with Crippen LogP contribution in [0.1, 0.15) is 48.7 Å². The van der Waals surface area contributed by atoms with E-state index in [1.807, 2.05) is 30.9 Å². The summed E-state index contributed by atoms with van der Waals surface area (Å²) in [6.45, 7) is 9.01. The fourth-order valence-corrected chi connectivity index (χ4v) is 4.01. The van der Waals surface area contributed by atoms with E-state index in [-0.39, 0.29) is 5.91 Å². The number of carbonyl (C=O) groups is 1. The van der Waals surface area contributed by atoms with Crippen LogP contribution in [0.4, 0.5) is 0 Å². The Kier molecular flexibility index (Phi) is 4.87. The zero-order chi connectivity index (χ0) is 19.8. The van der Waals surface area contributed by atoms with Crippen molar-refractivity contribution >= 4 is 11.7 Å². The minimum Gasteiger partial charge on any atom is -0.340 e. The van der Waals surface area contributed by atoms with E-state index in [0.717, 1.165) is 41.9 Å². The fourth-order valence-electron chi connectivity index (χ4n) is 4.01. The first-order valence-electron chi connectivity index (χ1n) is 10.0. The Morgan fingerprint density at radius 1 is 1.11 bits per heavy atom. The molecular weight excluding hydrogens is 350 g/mol. The summed E-state index contributed by atoms with van der Waals surface area (Å²) in [6.07, 6.45) is 3.75. The molecule has 0 aliphatic carbocycles. The molecule has 1 amide bonds. The Morgan fingerprint density at radius 2 is 1.86 bits per heavy atom. The summed E-state index contributed by atoms with van der Waals surface area (Å²) < 4.78 is 1.77. The number of benzene rings is 1. The number of rotatable bonds is 3. The van der Waals surface area contributed by atoms with Gasteiger partial charge in [0.05, 0.1) is 6.42 Å². The molecular formula is C22H27N5O. The molecule has 1 aliphatic heterocycles. The average molecular weight is 377 g/mol. The molecule has 6 heteroatoms. The van der Waals surface area contributed by atoms with E-state index in [1.54, 1.807) is 4.52 Å². The molecule has 1 aliphatic rings. The number of hydrogen-bond acceptors (Lipinski definition) is 4. The molecule has 1 aromatic carbocycles. The topological polar surface area (TPSA) is 63.4 Å². The van der Waals surface area contributed by atoms with Gasteiger partial charge >= 0.3 is 0 Å². The summed E-state index contributed by atoms with van der Waals surface area (Å²) in [5.74, 6) is 1.41. The third-order valence-corrected chi connectivity index (χ3v) is 5.81. The molecule has 6 nitrogen and oxygen atoms in total. The summed E-state index contributed by atoms with van der Waals surface area (Å²) >= 11 is 0. The van der Waals surface area contributed by atoms with Crippen molar-refractivity contribution in [2.75, 3.05) is 6.54 Å². The number of aromatic nitrogens is 4. The van der Waals surface area contributed by atoms with E-state index in [9.17, 15) is 4.79 Å². The summed E-state index contributed by atoms with van der Waals surface area (Å²) in [4.78, 5) is 24.2. The molecule has 0 spiro atoms. The zero-order valence-electron chi connectivity index (χ0n) is 17.1. The first-order valence-corrected chi connectivity index (χ1v) is 10.0. The van der Waals surface area contributed by atoms with E-state index < -0.39 is 0 Å². The van der Waals surface area contributed by atoms with Crippen LogP contribution in [-0.4, -0.2) is 43.0 Å². The maximum Gasteiger partial charge on any atom is 0.253 e. The van der Waals surface area contributed by atoms with Gasteiger partial charge in [-0.3, -0.25) is 4.79 Å². The van der Waals surface area contributed by atoms with Crippen molar-refractivity contribution in [3.05, 3.63) is 46.8 Å². The highest BCUT2D eigenvalue weighted by Crippen LogP contribution is 2.22. The van der Waals surface area contributed by atoms with Crippen molar-refractivity contribution in [3.63, 3.8) is 0 Å². The minimum absolute atomic E-state index is 0.179. The van der Waals surface area contributed by atoms with Crippen LogP contribution in [0, 0.1) is 20.8 Å². The van der Waals surface area contributed by atoms with E-state index in [0.29, 0.717) is 24.1 Å². The van der Waals surface area contributed by atoms with Crippen LogP contribution >= 0.6 is 0 Å². The highest BCUT2D eigenvalue weighted by Gasteiger charge is 2.25. The van der Waals surface area contributed by atoms with Crippen LogP contribution < -0.4 is 0 Å². The maximum absolute atomic E-state index is 12.9. The first-order chi connectivity index (χ1) is 13.4. The highest BCUT2D eigenvalue weighted by atomic mass is 16.2. The van der Waals surface area contributed by atoms with Crippen molar-refractivity contribution < 1.29 is 4.79 Å². The minimum atomic E-state index is 0.179. The second kappa shape index (κ2) is 7.34. The monoisotopic (exact) mass is 377 g/mol. The average Bonchev–Trinajstić information content (AvgIpc) is 3.10. The number of fused-ring (bicyclic) bond motifs is 1. The molecule has 0 saturated carbocycles. The molecule has 1 saturated heterocycles. The molecule has 2 aromatic heterocycles. The number of hydrogen-bond donors (Lipinski definition) is 0. The lowest BCUT2D eigenvalue weighted by Crippen LogP contribution is -2.43. The maximum atomic E-state index is 12.9. The number of nitrogens with zero attached hydrogens (tertiary/aromatic N) is 5. The Hall–Kier alpha value is -2.76. The van der Waals surface area contributed by atoms with Crippen molar-refractivity contribution in [1.29, 1.82) is 0 Å². The molecule has 28 heavy (non-hydrogen) atoms. The van der Waals surface area contributed by atoms with Crippen LogP contribution in [-0.2, 0) is 11.2 Å². The Morgan fingerprint density at radius 3 is 2.57 bits per heavy atom. The van der Waals surface area contributed by atoms with Gasteiger partial charge in [-0.15, -0.1) is 5.10 Å². The Balaban J connectivity index is 1.67. The predicted molar refractivity (Wildman–Crippen MR) is 109 cm³/mol. The van der Waals surface area contributed by atoms with Gasteiger partial charge in [0, 0.05) is 35.1 Å². The normalized spacial score (nSPS) is 17.3. The summed E-state index contributed by atoms with van der Waals surface area (Å²) in [6, 6.07) is 8.47. The standard InChI is InChI=1S/C22H27N5O/c1-14-8-10-18(11-9-14)21-24-22-23-16(3)19(17(4)27(22)25-21)13-20(28)26-12-6-5-7-15(26)2/h8-11,15H,5-7,12-13H2,1-4H3/t15-/m1/s1. The lowest BCUT2D eigenvalue weighted by molar-refractivity contribution is -0.133. The molecule has 3 heterocycles. The van der Waals surface area contributed by atoms with Crippen LogP contribution in [0.25, 0.3) is 17.2 Å². The van der Waals surface area contributed by atoms with Crippen molar-refractivity contribution in [2.45, 2.75) is 59.4 Å². The van der Waals surface area contributed by atoms with Gasteiger partial charge in [-0.1, -0.05) is 29.8 Å². The summed E-state index contributed by atoms with van der Waals surface area (Å²) in [5.41, 5.74) is 4.91. The number of piperidine rings is 1. The van der Waals surface area contributed by atoms with Crippen LogP contribution in [0.15, 0.2) is 24.3 Å². The number of likely N-dealkylation sites (tertiary alicyclic amines) is 1. The second-order valence-corrected chi connectivity index (χ2v) is 7.88. The third kappa shape index (κ3) is 3.39. The summed E-state index contributed by atoms with van der Waals surface area (Å²) in [7, 11) is 0.